The van der Waals surface area contributed by atoms with Crippen molar-refractivity contribution in [1.29, 1.82) is 0 Å². The SMILES string of the molecule is CN(C)CCN(C[C@H]1CCCO1)C(=O)c1nc2ccc(Cl)cn2c1F. The number of ether oxygens (including phenoxy) is 1. The molecule has 1 amide bonds. The summed E-state index contributed by atoms with van der Waals surface area (Å²) in [6, 6.07) is 3.21. The van der Waals surface area contributed by atoms with E-state index in [1.165, 1.54) is 10.6 Å². The molecule has 0 radical (unpaired) electrons. The van der Waals surface area contributed by atoms with Crippen LogP contribution in [0.4, 0.5) is 4.39 Å². The number of nitrogens with zero attached hydrogens (tertiary/aromatic N) is 4. The van der Waals surface area contributed by atoms with E-state index >= 15 is 0 Å². The standard InChI is InChI=1S/C17H22ClFN4O2/c1-21(2)7-8-22(11-13-4-3-9-25-13)17(24)15-16(19)23-10-12(18)5-6-14(23)20-15/h5-6,10,13H,3-4,7-9,11H2,1-2H3/t13-/m1/s1. The maximum absolute atomic E-state index is 14.7. The van der Waals surface area contributed by atoms with Crippen LogP contribution >= 0.6 is 11.6 Å². The molecule has 1 fully saturated rings. The first-order chi connectivity index (χ1) is 12.0. The zero-order valence-electron chi connectivity index (χ0n) is 14.4. The van der Waals surface area contributed by atoms with E-state index in [0.29, 0.717) is 36.9 Å². The van der Waals surface area contributed by atoms with E-state index in [2.05, 4.69) is 4.98 Å². The van der Waals surface area contributed by atoms with E-state index in [0.717, 1.165) is 12.8 Å². The molecule has 8 heteroatoms. The van der Waals surface area contributed by atoms with Crippen LogP contribution in [0, 0.1) is 5.95 Å². The van der Waals surface area contributed by atoms with Gasteiger partial charge in [-0.2, -0.15) is 4.39 Å². The highest BCUT2D eigenvalue weighted by atomic mass is 35.5. The monoisotopic (exact) mass is 368 g/mol. The molecule has 6 nitrogen and oxygen atoms in total. The van der Waals surface area contributed by atoms with Gasteiger partial charge in [0.15, 0.2) is 5.69 Å². The van der Waals surface area contributed by atoms with Crippen molar-refractivity contribution in [2.45, 2.75) is 18.9 Å². The molecular weight excluding hydrogens is 347 g/mol. The lowest BCUT2D eigenvalue weighted by Gasteiger charge is -2.26. The predicted molar refractivity (Wildman–Crippen MR) is 93.6 cm³/mol. The van der Waals surface area contributed by atoms with E-state index in [9.17, 15) is 9.18 Å². The Bertz CT molecular complexity index is 758. The minimum absolute atomic E-state index is 0.000601. The second kappa shape index (κ2) is 7.68. The Hall–Kier alpha value is -1.70. The van der Waals surface area contributed by atoms with E-state index in [-0.39, 0.29) is 11.8 Å². The molecule has 25 heavy (non-hydrogen) atoms. The Labute approximate surface area is 151 Å². The third kappa shape index (κ3) is 4.11. The highest BCUT2D eigenvalue weighted by Crippen LogP contribution is 2.19. The van der Waals surface area contributed by atoms with Gasteiger partial charge >= 0.3 is 0 Å². The van der Waals surface area contributed by atoms with Gasteiger partial charge in [0.1, 0.15) is 5.65 Å². The third-order valence-electron chi connectivity index (χ3n) is 4.28. The first-order valence-corrected chi connectivity index (χ1v) is 8.72. The fourth-order valence-corrected chi connectivity index (χ4v) is 3.07. The van der Waals surface area contributed by atoms with Crippen molar-refractivity contribution in [3.63, 3.8) is 0 Å². The van der Waals surface area contributed by atoms with Crippen LogP contribution in [0.15, 0.2) is 18.3 Å². The lowest BCUT2D eigenvalue weighted by atomic mass is 10.2. The summed E-state index contributed by atoms with van der Waals surface area (Å²) in [5.74, 6) is -1.11. The Balaban J connectivity index is 1.86. The normalized spacial score (nSPS) is 17.6. The van der Waals surface area contributed by atoms with Crippen molar-refractivity contribution in [2.75, 3.05) is 40.3 Å². The van der Waals surface area contributed by atoms with Gasteiger partial charge in [-0.05, 0) is 39.1 Å². The molecule has 3 heterocycles. The number of pyridine rings is 1. The molecule has 3 rings (SSSR count). The summed E-state index contributed by atoms with van der Waals surface area (Å²) in [6.07, 6.45) is 3.32. The average Bonchev–Trinajstić information content (AvgIpc) is 3.19. The topological polar surface area (TPSA) is 50.1 Å². The minimum atomic E-state index is -0.690. The first kappa shape index (κ1) is 18.1. The molecule has 1 saturated heterocycles. The summed E-state index contributed by atoms with van der Waals surface area (Å²) in [7, 11) is 3.87. The molecule has 1 atom stereocenters. The zero-order valence-corrected chi connectivity index (χ0v) is 15.2. The van der Waals surface area contributed by atoms with Crippen molar-refractivity contribution < 1.29 is 13.9 Å². The molecule has 2 aromatic heterocycles. The van der Waals surface area contributed by atoms with Gasteiger partial charge in [0, 0.05) is 32.4 Å². The summed E-state index contributed by atoms with van der Waals surface area (Å²) in [5, 5.41) is 0.381. The fraction of sp³-hybridized carbons (Fsp3) is 0.529. The lowest BCUT2D eigenvalue weighted by Crippen LogP contribution is -2.41. The van der Waals surface area contributed by atoms with Crippen molar-refractivity contribution in [1.82, 2.24) is 19.2 Å². The molecule has 0 aromatic carbocycles. The number of carbonyl (C=O) groups excluding carboxylic acids is 1. The number of hydrogen-bond donors (Lipinski definition) is 0. The minimum Gasteiger partial charge on any atom is -0.376 e. The Morgan fingerprint density at radius 3 is 2.92 bits per heavy atom. The highest BCUT2D eigenvalue weighted by molar-refractivity contribution is 6.30. The maximum Gasteiger partial charge on any atom is 0.277 e. The quantitative estimate of drug-likeness (QED) is 0.785. The number of amides is 1. The van der Waals surface area contributed by atoms with Gasteiger partial charge in [-0.3, -0.25) is 9.20 Å². The maximum atomic E-state index is 14.7. The van der Waals surface area contributed by atoms with Gasteiger partial charge in [-0.15, -0.1) is 0 Å². The number of halogens is 2. The van der Waals surface area contributed by atoms with E-state index in [1.807, 2.05) is 19.0 Å². The smallest absolute Gasteiger partial charge is 0.277 e. The number of hydrogen-bond acceptors (Lipinski definition) is 4. The highest BCUT2D eigenvalue weighted by Gasteiger charge is 2.28. The first-order valence-electron chi connectivity index (χ1n) is 8.34. The molecular formula is C17H22ClFN4O2. The molecule has 0 saturated carbocycles. The fourth-order valence-electron chi connectivity index (χ4n) is 2.91. The molecule has 136 valence electrons. The van der Waals surface area contributed by atoms with Crippen molar-refractivity contribution >= 4 is 23.2 Å². The van der Waals surface area contributed by atoms with E-state index in [4.69, 9.17) is 16.3 Å². The molecule has 1 aliphatic rings. The Kier molecular flexibility index (Phi) is 5.56. The van der Waals surface area contributed by atoms with Crippen LogP contribution in [0.2, 0.25) is 5.02 Å². The van der Waals surface area contributed by atoms with Crippen LogP contribution in [0.5, 0.6) is 0 Å². The second-order valence-corrected chi connectivity index (χ2v) is 6.95. The van der Waals surface area contributed by atoms with Crippen LogP contribution < -0.4 is 0 Å². The summed E-state index contributed by atoms with van der Waals surface area (Å²) in [5.41, 5.74) is 0.175. The lowest BCUT2D eigenvalue weighted by molar-refractivity contribution is 0.0504. The van der Waals surface area contributed by atoms with Crippen LogP contribution in [0.1, 0.15) is 23.3 Å². The van der Waals surface area contributed by atoms with Crippen molar-refractivity contribution in [3.05, 3.63) is 35.0 Å². The van der Waals surface area contributed by atoms with Gasteiger partial charge in [0.05, 0.1) is 11.1 Å². The van der Waals surface area contributed by atoms with Crippen molar-refractivity contribution in [2.24, 2.45) is 0 Å². The van der Waals surface area contributed by atoms with Gasteiger partial charge in [0.25, 0.3) is 5.91 Å². The number of likely N-dealkylation sites (N-methyl/N-ethyl adjacent to an activating group) is 1. The summed E-state index contributed by atoms with van der Waals surface area (Å²) in [4.78, 5) is 20.7. The van der Waals surface area contributed by atoms with Gasteiger partial charge in [-0.25, -0.2) is 4.98 Å². The van der Waals surface area contributed by atoms with Crippen LogP contribution in [-0.2, 0) is 4.74 Å². The van der Waals surface area contributed by atoms with Gasteiger partial charge < -0.3 is 14.5 Å². The largest absolute Gasteiger partial charge is 0.376 e. The number of rotatable bonds is 6. The van der Waals surface area contributed by atoms with Crippen molar-refractivity contribution in [3.8, 4) is 0 Å². The number of aromatic nitrogens is 2. The zero-order chi connectivity index (χ0) is 18.0. The second-order valence-electron chi connectivity index (χ2n) is 6.52. The summed E-state index contributed by atoms with van der Waals surface area (Å²) in [6.45, 7) is 2.32. The molecule has 0 N–H and O–H groups in total. The summed E-state index contributed by atoms with van der Waals surface area (Å²) < 4.78 is 21.5. The van der Waals surface area contributed by atoms with Crippen LogP contribution in [0.3, 0.4) is 0 Å². The van der Waals surface area contributed by atoms with Crippen LogP contribution in [-0.4, -0.2) is 71.5 Å². The molecule has 0 spiro atoms. The molecule has 2 aromatic rings. The Morgan fingerprint density at radius 2 is 2.24 bits per heavy atom. The molecule has 0 bridgehead atoms. The summed E-state index contributed by atoms with van der Waals surface area (Å²) >= 11 is 5.91. The molecule has 0 unspecified atom stereocenters. The van der Waals surface area contributed by atoms with E-state index < -0.39 is 11.9 Å². The average molecular weight is 369 g/mol. The van der Waals surface area contributed by atoms with Crippen LogP contribution in [0.25, 0.3) is 5.65 Å². The Morgan fingerprint density at radius 1 is 1.44 bits per heavy atom. The number of fused-ring (bicyclic) bond motifs is 1. The predicted octanol–water partition coefficient (Wildman–Crippen LogP) is 2.31. The third-order valence-corrected chi connectivity index (χ3v) is 4.50. The number of carbonyl (C=O) groups is 1. The van der Waals surface area contributed by atoms with Gasteiger partial charge in [-0.1, -0.05) is 11.6 Å². The molecule has 1 aliphatic heterocycles. The van der Waals surface area contributed by atoms with Gasteiger partial charge in [0.2, 0.25) is 5.95 Å². The number of imidazole rings is 1. The van der Waals surface area contributed by atoms with E-state index in [1.54, 1.807) is 17.0 Å². The molecule has 0 aliphatic carbocycles.